The van der Waals surface area contributed by atoms with Crippen molar-refractivity contribution in [2.75, 3.05) is 11.9 Å². The topological polar surface area (TPSA) is 55.6 Å². The summed E-state index contributed by atoms with van der Waals surface area (Å²) in [6.45, 7) is 5.75. The first kappa shape index (κ1) is 14.1. The number of rotatable bonds is 5. The molecular weight excluding hydrogens is 264 g/mol. The summed E-state index contributed by atoms with van der Waals surface area (Å²) in [5.74, 6) is 0.154. The minimum absolute atomic E-state index is 0.154. The van der Waals surface area contributed by atoms with Gasteiger partial charge in [-0.2, -0.15) is 5.10 Å². The van der Waals surface area contributed by atoms with E-state index < -0.39 is 6.43 Å². The molecule has 106 valence electrons. The van der Waals surface area contributed by atoms with Gasteiger partial charge >= 0.3 is 0 Å². The monoisotopic (exact) mass is 279 g/mol. The number of aromatic nitrogens is 4. The molecule has 0 saturated heterocycles. The molecule has 0 atom stereocenters. The molecule has 2 heterocycles. The zero-order chi connectivity index (χ0) is 14.7. The minimum atomic E-state index is -2.65. The van der Waals surface area contributed by atoms with Gasteiger partial charge in [0.15, 0.2) is 0 Å². The van der Waals surface area contributed by atoms with Crippen LogP contribution in [0.4, 0.5) is 14.7 Å². The molecule has 0 bridgehead atoms. The SMILES string of the molecule is C=CCNc1nc(-c2cn(C)nc2C)cc(C(F)F)n1. The second-order valence-electron chi connectivity index (χ2n) is 4.27. The molecule has 0 aliphatic rings. The van der Waals surface area contributed by atoms with Crippen LogP contribution in [0.15, 0.2) is 24.9 Å². The summed E-state index contributed by atoms with van der Waals surface area (Å²) in [6, 6.07) is 1.29. The Morgan fingerprint density at radius 3 is 2.75 bits per heavy atom. The Bertz CT molecular complexity index is 621. The lowest BCUT2D eigenvalue weighted by Gasteiger charge is -2.08. The van der Waals surface area contributed by atoms with E-state index in [1.165, 1.54) is 6.07 Å². The summed E-state index contributed by atoms with van der Waals surface area (Å²) in [5, 5.41) is 7.01. The van der Waals surface area contributed by atoms with Crippen LogP contribution >= 0.6 is 0 Å². The van der Waals surface area contributed by atoms with Gasteiger partial charge in [0.25, 0.3) is 6.43 Å². The maximum absolute atomic E-state index is 12.9. The van der Waals surface area contributed by atoms with Crippen molar-refractivity contribution in [3.8, 4) is 11.3 Å². The summed E-state index contributed by atoms with van der Waals surface area (Å²) in [4.78, 5) is 8.03. The minimum Gasteiger partial charge on any atom is -0.351 e. The molecule has 0 fully saturated rings. The fraction of sp³-hybridized carbons (Fsp3) is 0.308. The average Bonchev–Trinajstić information content (AvgIpc) is 2.75. The zero-order valence-corrected chi connectivity index (χ0v) is 11.3. The molecule has 0 aliphatic heterocycles. The third-order valence-corrected chi connectivity index (χ3v) is 2.66. The number of aryl methyl sites for hydroxylation is 2. The number of alkyl halides is 2. The van der Waals surface area contributed by atoms with Crippen molar-refractivity contribution in [1.82, 2.24) is 19.7 Å². The second kappa shape index (κ2) is 5.77. The third-order valence-electron chi connectivity index (χ3n) is 2.66. The highest BCUT2D eigenvalue weighted by Crippen LogP contribution is 2.26. The Kier molecular flexibility index (Phi) is 4.07. The molecule has 20 heavy (non-hydrogen) atoms. The first-order valence-corrected chi connectivity index (χ1v) is 6.03. The van der Waals surface area contributed by atoms with E-state index in [0.29, 0.717) is 17.8 Å². The van der Waals surface area contributed by atoms with Crippen LogP contribution in [0.2, 0.25) is 0 Å². The second-order valence-corrected chi connectivity index (χ2v) is 4.27. The largest absolute Gasteiger partial charge is 0.351 e. The molecule has 0 aliphatic carbocycles. The van der Waals surface area contributed by atoms with E-state index in [0.717, 1.165) is 5.69 Å². The van der Waals surface area contributed by atoms with Crippen molar-refractivity contribution in [1.29, 1.82) is 0 Å². The summed E-state index contributed by atoms with van der Waals surface area (Å²) in [7, 11) is 1.77. The third kappa shape index (κ3) is 2.98. The molecular formula is C13H15F2N5. The van der Waals surface area contributed by atoms with E-state index in [1.807, 2.05) is 0 Å². The van der Waals surface area contributed by atoms with Crippen LogP contribution in [-0.4, -0.2) is 26.3 Å². The summed E-state index contributed by atoms with van der Waals surface area (Å²) in [5.41, 5.74) is 1.54. The molecule has 0 amide bonds. The highest BCUT2D eigenvalue weighted by atomic mass is 19.3. The van der Waals surface area contributed by atoms with Crippen molar-refractivity contribution < 1.29 is 8.78 Å². The first-order chi connectivity index (χ1) is 9.51. The van der Waals surface area contributed by atoms with Gasteiger partial charge in [-0.1, -0.05) is 6.08 Å². The fourth-order valence-corrected chi connectivity index (χ4v) is 1.81. The Labute approximate surface area is 115 Å². The van der Waals surface area contributed by atoms with E-state index in [1.54, 1.807) is 30.9 Å². The van der Waals surface area contributed by atoms with Gasteiger partial charge in [-0.05, 0) is 13.0 Å². The quantitative estimate of drug-likeness (QED) is 0.855. The zero-order valence-electron chi connectivity index (χ0n) is 11.3. The van der Waals surface area contributed by atoms with Gasteiger partial charge in [0, 0.05) is 25.4 Å². The molecule has 2 aromatic heterocycles. The molecule has 1 N–H and O–H groups in total. The van der Waals surface area contributed by atoms with Gasteiger partial charge in [0.2, 0.25) is 5.95 Å². The van der Waals surface area contributed by atoms with Crippen LogP contribution < -0.4 is 5.32 Å². The van der Waals surface area contributed by atoms with Gasteiger partial charge in [0.05, 0.1) is 11.4 Å². The molecule has 0 spiro atoms. The van der Waals surface area contributed by atoms with Crippen molar-refractivity contribution in [2.45, 2.75) is 13.3 Å². The molecule has 0 aromatic carbocycles. The smallest absolute Gasteiger partial charge is 0.280 e. The maximum Gasteiger partial charge on any atom is 0.280 e. The number of halogens is 2. The number of nitrogens with zero attached hydrogens (tertiary/aromatic N) is 4. The maximum atomic E-state index is 12.9. The van der Waals surface area contributed by atoms with E-state index in [4.69, 9.17) is 0 Å². The van der Waals surface area contributed by atoms with Crippen LogP contribution in [0.25, 0.3) is 11.3 Å². The van der Waals surface area contributed by atoms with Crippen LogP contribution in [0.5, 0.6) is 0 Å². The molecule has 2 rings (SSSR count). The molecule has 0 saturated carbocycles. The highest BCUT2D eigenvalue weighted by molar-refractivity contribution is 5.62. The predicted molar refractivity (Wildman–Crippen MR) is 72.6 cm³/mol. The molecule has 0 radical (unpaired) electrons. The van der Waals surface area contributed by atoms with Gasteiger partial charge in [-0.25, -0.2) is 18.7 Å². The van der Waals surface area contributed by atoms with Gasteiger partial charge in [-0.15, -0.1) is 6.58 Å². The van der Waals surface area contributed by atoms with Crippen LogP contribution in [0, 0.1) is 6.92 Å². The summed E-state index contributed by atoms with van der Waals surface area (Å²) < 4.78 is 27.4. The van der Waals surface area contributed by atoms with E-state index in [-0.39, 0.29) is 11.6 Å². The Morgan fingerprint density at radius 2 is 2.20 bits per heavy atom. The number of anilines is 1. The predicted octanol–water partition coefficient (Wildman–Crippen LogP) is 2.72. The van der Waals surface area contributed by atoms with E-state index in [9.17, 15) is 8.78 Å². The Hall–Kier alpha value is -2.31. The normalized spacial score (nSPS) is 10.8. The number of nitrogens with one attached hydrogen (secondary N) is 1. The van der Waals surface area contributed by atoms with Gasteiger partial charge < -0.3 is 5.32 Å². The first-order valence-electron chi connectivity index (χ1n) is 6.03. The number of hydrogen-bond donors (Lipinski definition) is 1. The lowest BCUT2D eigenvalue weighted by Crippen LogP contribution is -2.06. The highest BCUT2D eigenvalue weighted by Gasteiger charge is 2.16. The van der Waals surface area contributed by atoms with Crippen molar-refractivity contribution in [3.63, 3.8) is 0 Å². The average molecular weight is 279 g/mol. The lowest BCUT2D eigenvalue weighted by atomic mass is 10.1. The van der Waals surface area contributed by atoms with E-state index in [2.05, 4.69) is 27.0 Å². The number of hydrogen-bond acceptors (Lipinski definition) is 4. The molecule has 0 unspecified atom stereocenters. The summed E-state index contributed by atoms with van der Waals surface area (Å²) in [6.07, 6.45) is 0.690. The molecule has 7 heteroatoms. The van der Waals surface area contributed by atoms with Crippen LogP contribution in [-0.2, 0) is 7.05 Å². The van der Waals surface area contributed by atoms with Crippen LogP contribution in [0.1, 0.15) is 17.8 Å². The van der Waals surface area contributed by atoms with Crippen molar-refractivity contribution in [3.05, 3.63) is 36.3 Å². The van der Waals surface area contributed by atoms with Crippen molar-refractivity contribution >= 4 is 5.95 Å². The van der Waals surface area contributed by atoms with Crippen LogP contribution in [0.3, 0.4) is 0 Å². The Morgan fingerprint density at radius 1 is 1.45 bits per heavy atom. The summed E-state index contributed by atoms with van der Waals surface area (Å²) >= 11 is 0. The standard InChI is InChI=1S/C13H15F2N5/c1-4-5-16-13-17-10(6-11(18-13)12(14)15)9-7-20(3)19-8(9)2/h4,6-7,12H,1,5H2,2-3H3,(H,16,17,18). The van der Waals surface area contributed by atoms with Crippen molar-refractivity contribution in [2.24, 2.45) is 7.05 Å². The Balaban J connectivity index is 2.48. The molecule has 5 nitrogen and oxygen atoms in total. The van der Waals surface area contributed by atoms with Gasteiger partial charge in [0.1, 0.15) is 5.69 Å². The van der Waals surface area contributed by atoms with E-state index >= 15 is 0 Å². The fourth-order valence-electron chi connectivity index (χ4n) is 1.81. The lowest BCUT2D eigenvalue weighted by molar-refractivity contribution is 0.146. The van der Waals surface area contributed by atoms with Gasteiger partial charge in [-0.3, -0.25) is 4.68 Å². The molecule has 2 aromatic rings.